The van der Waals surface area contributed by atoms with Crippen LogP contribution in [0.3, 0.4) is 0 Å². The van der Waals surface area contributed by atoms with Crippen LogP contribution in [0.15, 0.2) is 29.3 Å². The van der Waals surface area contributed by atoms with Crippen molar-refractivity contribution in [2.24, 2.45) is 22.6 Å². The summed E-state index contributed by atoms with van der Waals surface area (Å²) in [5.74, 6) is 3.02. The molecule has 1 saturated carbocycles. The van der Waals surface area contributed by atoms with Crippen LogP contribution in [0, 0.1) is 11.8 Å². The zero-order valence-electron chi connectivity index (χ0n) is 13.8. The lowest BCUT2D eigenvalue weighted by molar-refractivity contribution is 0.289. The monoisotopic (exact) mass is 303 g/mol. The highest BCUT2D eigenvalue weighted by Crippen LogP contribution is 2.28. The van der Waals surface area contributed by atoms with E-state index in [-0.39, 0.29) is 0 Å². The number of nitrogens with zero attached hydrogens (tertiary/aromatic N) is 1. The fourth-order valence-corrected chi connectivity index (χ4v) is 3.14. The number of aliphatic imine (C=N–C) groups is 1. The van der Waals surface area contributed by atoms with E-state index >= 15 is 0 Å². The van der Waals surface area contributed by atoms with Gasteiger partial charge in [-0.05, 0) is 48.8 Å². The molecule has 22 heavy (non-hydrogen) atoms. The van der Waals surface area contributed by atoms with Gasteiger partial charge in [0.2, 0.25) is 0 Å². The molecule has 2 unspecified atom stereocenters. The molecule has 0 bridgehead atoms. The van der Waals surface area contributed by atoms with Gasteiger partial charge in [0.15, 0.2) is 5.96 Å². The van der Waals surface area contributed by atoms with Crippen molar-refractivity contribution in [1.82, 2.24) is 5.32 Å². The minimum atomic E-state index is 0.576. The van der Waals surface area contributed by atoms with Gasteiger partial charge >= 0.3 is 0 Å². The molecule has 0 heterocycles. The molecule has 4 nitrogen and oxygen atoms in total. The summed E-state index contributed by atoms with van der Waals surface area (Å²) in [7, 11) is 1.68. The standard InChI is InChI=1S/C18H29N3O/c1-14-4-3-5-16(12-14)13-21-18(19)20-11-10-15-6-8-17(22-2)9-7-15/h6-9,14,16H,3-5,10-13H2,1-2H3,(H3,19,20,21). The fourth-order valence-electron chi connectivity index (χ4n) is 3.14. The van der Waals surface area contributed by atoms with Crippen molar-refractivity contribution < 1.29 is 4.74 Å². The van der Waals surface area contributed by atoms with E-state index in [1.165, 1.54) is 31.2 Å². The van der Waals surface area contributed by atoms with Gasteiger partial charge in [0.1, 0.15) is 5.75 Å². The Labute approximate surface area is 134 Å². The van der Waals surface area contributed by atoms with Crippen LogP contribution >= 0.6 is 0 Å². The van der Waals surface area contributed by atoms with Crippen LogP contribution in [0.25, 0.3) is 0 Å². The highest BCUT2D eigenvalue weighted by Gasteiger charge is 2.18. The maximum Gasteiger partial charge on any atom is 0.188 e. The first-order valence-electron chi connectivity index (χ1n) is 8.34. The van der Waals surface area contributed by atoms with Gasteiger partial charge in [-0.2, -0.15) is 0 Å². The quantitative estimate of drug-likeness (QED) is 0.627. The van der Waals surface area contributed by atoms with Gasteiger partial charge in [0, 0.05) is 13.1 Å². The molecule has 0 radical (unpaired) electrons. The fraction of sp³-hybridized carbons (Fsp3) is 0.611. The van der Waals surface area contributed by atoms with Crippen molar-refractivity contribution in [2.75, 3.05) is 20.2 Å². The number of nitrogens with two attached hydrogens (primary N) is 1. The van der Waals surface area contributed by atoms with Crippen LogP contribution in [0.1, 0.15) is 38.2 Å². The first-order valence-corrected chi connectivity index (χ1v) is 8.34. The molecule has 4 heteroatoms. The Morgan fingerprint density at radius 3 is 2.77 bits per heavy atom. The average Bonchev–Trinajstić information content (AvgIpc) is 2.54. The summed E-state index contributed by atoms with van der Waals surface area (Å²) in [5.41, 5.74) is 7.22. The van der Waals surface area contributed by atoms with Crippen LogP contribution in [0.5, 0.6) is 5.75 Å². The summed E-state index contributed by atoms with van der Waals surface area (Å²) < 4.78 is 5.15. The lowest BCUT2D eigenvalue weighted by Crippen LogP contribution is -2.34. The maximum absolute atomic E-state index is 5.95. The molecule has 0 aliphatic heterocycles. The third kappa shape index (κ3) is 5.58. The number of methoxy groups -OCH3 is 1. The molecule has 1 aliphatic carbocycles. The van der Waals surface area contributed by atoms with Crippen molar-refractivity contribution in [3.8, 4) is 5.75 Å². The minimum absolute atomic E-state index is 0.576. The topological polar surface area (TPSA) is 59.6 Å². The summed E-state index contributed by atoms with van der Waals surface area (Å²) in [4.78, 5) is 4.50. The lowest BCUT2D eigenvalue weighted by Gasteiger charge is -2.25. The summed E-state index contributed by atoms with van der Waals surface area (Å²) in [6.07, 6.45) is 6.23. The Morgan fingerprint density at radius 2 is 2.09 bits per heavy atom. The molecule has 1 fully saturated rings. The molecule has 2 atom stereocenters. The van der Waals surface area contributed by atoms with Crippen LogP contribution in [0.4, 0.5) is 0 Å². The predicted molar refractivity (Wildman–Crippen MR) is 92.3 cm³/mol. The predicted octanol–water partition coefficient (Wildman–Crippen LogP) is 2.97. The second kappa shape index (κ2) is 8.66. The van der Waals surface area contributed by atoms with Gasteiger partial charge in [-0.25, -0.2) is 0 Å². The number of guanidine groups is 1. The molecular weight excluding hydrogens is 274 g/mol. The van der Waals surface area contributed by atoms with E-state index in [2.05, 4.69) is 29.4 Å². The second-order valence-corrected chi connectivity index (χ2v) is 6.39. The number of ether oxygens (including phenoxy) is 1. The average molecular weight is 303 g/mol. The molecule has 1 aliphatic rings. The normalized spacial score (nSPS) is 22.4. The molecule has 2 rings (SSSR count). The summed E-state index contributed by atoms with van der Waals surface area (Å²) in [6.45, 7) is 4.01. The van der Waals surface area contributed by atoms with Crippen LogP contribution in [-0.4, -0.2) is 26.2 Å². The van der Waals surface area contributed by atoms with Gasteiger partial charge in [-0.1, -0.05) is 31.9 Å². The van der Waals surface area contributed by atoms with Crippen molar-refractivity contribution in [1.29, 1.82) is 0 Å². The largest absolute Gasteiger partial charge is 0.497 e. The summed E-state index contributed by atoms with van der Waals surface area (Å²) in [5, 5.41) is 3.21. The molecular formula is C18H29N3O. The zero-order valence-corrected chi connectivity index (χ0v) is 13.8. The Morgan fingerprint density at radius 1 is 1.32 bits per heavy atom. The van der Waals surface area contributed by atoms with Gasteiger partial charge in [-0.3, -0.25) is 4.99 Å². The lowest BCUT2D eigenvalue weighted by atomic mass is 9.82. The van der Waals surface area contributed by atoms with Crippen molar-refractivity contribution >= 4 is 5.96 Å². The number of nitrogens with one attached hydrogen (secondary N) is 1. The SMILES string of the molecule is COc1ccc(CCNC(N)=NCC2CCCC(C)C2)cc1. The third-order valence-corrected chi connectivity index (χ3v) is 4.44. The molecule has 0 spiro atoms. The Hall–Kier alpha value is -1.71. The Balaban J connectivity index is 1.67. The summed E-state index contributed by atoms with van der Waals surface area (Å²) >= 11 is 0. The molecule has 1 aromatic carbocycles. The third-order valence-electron chi connectivity index (χ3n) is 4.44. The minimum Gasteiger partial charge on any atom is -0.497 e. The number of benzene rings is 1. The number of hydrogen-bond donors (Lipinski definition) is 2. The van der Waals surface area contributed by atoms with Crippen LogP contribution in [-0.2, 0) is 6.42 Å². The second-order valence-electron chi connectivity index (χ2n) is 6.39. The van der Waals surface area contributed by atoms with Crippen molar-refractivity contribution in [3.63, 3.8) is 0 Å². The molecule has 1 aromatic rings. The van der Waals surface area contributed by atoms with Crippen molar-refractivity contribution in [2.45, 2.75) is 39.0 Å². The molecule has 0 amide bonds. The van der Waals surface area contributed by atoms with E-state index in [0.29, 0.717) is 11.9 Å². The number of hydrogen-bond acceptors (Lipinski definition) is 2. The van der Waals surface area contributed by atoms with E-state index < -0.39 is 0 Å². The van der Waals surface area contributed by atoms with E-state index in [1.54, 1.807) is 7.11 Å². The Kier molecular flexibility index (Phi) is 6.56. The van der Waals surface area contributed by atoms with Crippen molar-refractivity contribution in [3.05, 3.63) is 29.8 Å². The maximum atomic E-state index is 5.95. The molecule has 0 aromatic heterocycles. The van der Waals surface area contributed by atoms with E-state index in [1.807, 2.05) is 12.1 Å². The first-order chi connectivity index (χ1) is 10.7. The van der Waals surface area contributed by atoms with Gasteiger partial charge < -0.3 is 15.8 Å². The smallest absolute Gasteiger partial charge is 0.188 e. The molecule has 3 N–H and O–H groups in total. The van der Waals surface area contributed by atoms with Gasteiger partial charge in [0.05, 0.1) is 7.11 Å². The Bertz CT molecular complexity index is 470. The van der Waals surface area contributed by atoms with Gasteiger partial charge in [-0.15, -0.1) is 0 Å². The highest BCUT2D eigenvalue weighted by atomic mass is 16.5. The van der Waals surface area contributed by atoms with E-state index in [4.69, 9.17) is 10.5 Å². The zero-order chi connectivity index (χ0) is 15.8. The van der Waals surface area contributed by atoms with Crippen LogP contribution in [0.2, 0.25) is 0 Å². The highest BCUT2D eigenvalue weighted by molar-refractivity contribution is 5.77. The summed E-state index contributed by atoms with van der Waals surface area (Å²) in [6, 6.07) is 8.13. The van der Waals surface area contributed by atoms with E-state index in [0.717, 1.165) is 31.2 Å². The van der Waals surface area contributed by atoms with E-state index in [9.17, 15) is 0 Å². The molecule has 122 valence electrons. The molecule has 0 saturated heterocycles. The number of rotatable bonds is 6. The van der Waals surface area contributed by atoms with Crippen LogP contribution < -0.4 is 15.8 Å². The van der Waals surface area contributed by atoms with Gasteiger partial charge in [0.25, 0.3) is 0 Å². The first kappa shape index (κ1) is 16.7.